The highest BCUT2D eigenvalue weighted by Crippen LogP contribution is 2.38. The van der Waals surface area contributed by atoms with Crippen LogP contribution >= 0.6 is 0 Å². The van der Waals surface area contributed by atoms with Crippen LogP contribution in [-0.4, -0.2) is 97.7 Å². The maximum Gasteiger partial charge on any atom is 0.243 e. The highest BCUT2D eigenvalue weighted by atomic mass is 32.2. The van der Waals surface area contributed by atoms with Gasteiger partial charge in [-0.1, -0.05) is 6.07 Å². The van der Waals surface area contributed by atoms with E-state index in [0.717, 1.165) is 12.4 Å². The number of rotatable bonds is 10. The van der Waals surface area contributed by atoms with Crippen LogP contribution in [0.2, 0.25) is 0 Å². The maximum atomic E-state index is 14.0. The summed E-state index contributed by atoms with van der Waals surface area (Å²) >= 11 is 0. The first kappa shape index (κ1) is 29.9. The molecular formula is C26H34FN7O7S. The van der Waals surface area contributed by atoms with E-state index < -0.39 is 33.3 Å². The van der Waals surface area contributed by atoms with Gasteiger partial charge in [-0.25, -0.2) is 22.8 Å². The Labute approximate surface area is 243 Å². The first-order chi connectivity index (χ1) is 20.2. The molecule has 1 aromatic carbocycles. The Hall–Kier alpha value is -3.60. The molecule has 2 saturated heterocycles. The largest absolute Gasteiger partial charge is 0.494 e. The second kappa shape index (κ2) is 12.7. The number of hydrogen-bond acceptors (Lipinski definition) is 12. The predicted molar refractivity (Wildman–Crippen MR) is 149 cm³/mol. The Kier molecular flexibility index (Phi) is 9.05. The summed E-state index contributed by atoms with van der Waals surface area (Å²) in [7, 11) is -1.13. The van der Waals surface area contributed by atoms with Crippen molar-refractivity contribution in [2.45, 2.75) is 43.8 Å². The van der Waals surface area contributed by atoms with E-state index in [1.807, 2.05) is 13.8 Å². The summed E-state index contributed by atoms with van der Waals surface area (Å²) in [5.74, 6) is 0.628. The van der Waals surface area contributed by atoms with Gasteiger partial charge in [-0.2, -0.15) is 0 Å². The van der Waals surface area contributed by atoms with Gasteiger partial charge in [0.25, 0.3) is 0 Å². The lowest BCUT2D eigenvalue weighted by atomic mass is 10.1. The van der Waals surface area contributed by atoms with Crippen LogP contribution in [0.15, 0.2) is 30.6 Å². The summed E-state index contributed by atoms with van der Waals surface area (Å²) in [6, 6.07) is 5.18. The number of hydrogen-bond donors (Lipinski definition) is 1. The number of benzene rings is 1. The smallest absolute Gasteiger partial charge is 0.243 e. The summed E-state index contributed by atoms with van der Waals surface area (Å²) in [4.78, 5) is 9.78. The number of sulfonamides is 1. The molecule has 2 aromatic heterocycles. The van der Waals surface area contributed by atoms with Gasteiger partial charge in [0.05, 0.1) is 58.6 Å². The van der Waals surface area contributed by atoms with Crippen LogP contribution in [-0.2, 0) is 24.2 Å². The molecule has 2 aliphatic heterocycles. The lowest BCUT2D eigenvalue weighted by Gasteiger charge is -2.37. The summed E-state index contributed by atoms with van der Waals surface area (Å²) in [6.45, 7) is 5.09. The highest BCUT2D eigenvalue weighted by molar-refractivity contribution is 7.93. The quantitative estimate of drug-likeness (QED) is 0.359. The zero-order valence-corrected chi connectivity index (χ0v) is 24.6. The number of nitrogens with one attached hydrogen (secondary N) is 1. The third-order valence-corrected chi connectivity index (χ3v) is 8.50. The van der Waals surface area contributed by atoms with Gasteiger partial charge in [0.1, 0.15) is 28.5 Å². The van der Waals surface area contributed by atoms with Crippen molar-refractivity contribution in [2.75, 3.05) is 56.8 Å². The predicted octanol–water partition coefficient (Wildman–Crippen LogP) is 2.12. The number of aromatic nitrogens is 5. The summed E-state index contributed by atoms with van der Waals surface area (Å²) < 4.78 is 74.4. The van der Waals surface area contributed by atoms with Gasteiger partial charge < -0.3 is 28.6 Å². The molecule has 0 saturated carbocycles. The molecule has 3 aromatic rings. The molecule has 0 bridgehead atoms. The van der Waals surface area contributed by atoms with Crippen LogP contribution in [0.3, 0.4) is 0 Å². The van der Waals surface area contributed by atoms with Crippen LogP contribution in [0.1, 0.15) is 32.2 Å². The summed E-state index contributed by atoms with van der Waals surface area (Å²) in [6.07, 6.45) is 1.05. The Bertz CT molecular complexity index is 1440. The van der Waals surface area contributed by atoms with E-state index in [0.29, 0.717) is 42.8 Å². The minimum atomic E-state index is -4.12. The van der Waals surface area contributed by atoms with Crippen molar-refractivity contribution in [3.05, 3.63) is 42.2 Å². The molecule has 14 nitrogen and oxygen atoms in total. The summed E-state index contributed by atoms with van der Waals surface area (Å²) in [5, 5.41) is 7.55. The van der Waals surface area contributed by atoms with Crippen molar-refractivity contribution in [1.82, 2.24) is 24.7 Å². The molecule has 42 heavy (non-hydrogen) atoms. The molecule has 0 spiro atoms. The van der Waals surface area contributed by atoms with Gasteiger partial charge in [-0.15, -0.1) is 10.2 Å². The maximum absolute atomic E-state index is 14.0. The molecule has 16 heteroatoms. The summed E-state index contributed by atoms with van der Waals surface area (Å²) in [5.41, 5.74) is 0.389. The molecule has 2 fully saturated rings. The van der Waals surface area contributed by atoms with Crippen molar-refractivity contribution in [3.8, 4) is 17.2 Å². The van der Waals surface area contributed by atoms with E-state index in [-0.39, 0.29) is 37.6 Å². The van der Waals surface area contributed by atoms with Crippen molar-refractivity contribution < 1.29 is 36.5 Å². The van der Waals surface area contributed by atoms with Crippen LogP contribution < -0.4 is 19.1 Å². The van der Waals surface area contributed by atoms with Gasteiger partial charge in [0, 0.05) is 13.1 Å². The van der Waals surface area contributed by atoms with Crippen LogP contribution in [0, 0.1) is 5.82 Å². The molecular weight excluding hydrogens is 573 g/mol. The molecule has 2 unspecified atom stereocenters. The van der Waals surface area contributed by atoms with Gasteiger partial charge in [-0.05, 0) is 32.4 Å². The molecule has 3 atom stereocenters. The molecule has 2 aliphatic rings. The molecule has 228 valence electrons. The van der Waals surface area contributed by atoms with E-state index in [1.54, 1.807) is 23.1 Å². The standard InChI is InChI=1S/C26H34FN7O7S/c1-16(2)41-18-10-19(14-33(13-18)25-28-11-17(27)12-29-25)42(35,36)32-26-31-30-24(22-15-39-8-9-40-22)34(26)23-20(37-3)6-5-7-21(23)38-4/h5-7,11-12,16,18-19,22H,8-10,13-15H2,1-4H3,(H,31,32)/t18?,19?,22-/m0/s1. The third kappa shape index (κ3) is 6.40. The molecule has 0 aliphatic carbocycles. The van der Waals surface area contributed by atoms with Crippen LogP contribution in [0.25, 0.3) is 5.69 Å². The Morgan fingerprint density at radius 3 is 2.40 bits per heavy atom. The number of ether oxygens (including phenoxy) is 5. The fraction of sp³-hybridized carbons (Fsp3) is 0.538. The first-order valence-electron chi connectivity index (χ1n) is 13.5. The molecule has 1 N–H and O–H groups in total. The van der Waals surface area contributed by atoms with E-state index in [1.165, 1.54) is 18.8 Å². The second-order valence-corrected chi connectivity index (χ2v) is 12.0. The number of methoxy groups -OCH3 is 2. The van der Waals surface area contributed by atoms with E-state index in [9.17, 15) is 12.8 Å². The molecule has 0 amide bonds. The van der Waals surface area contributed by atoms with Crippen molar-refractivity contribution >= 4 is 21.9 Å². The average molecular weight is 608 g/mol. The lowest BCUT2D eigenvalue weighted by molar-refractivity contribution is -0.0941. The minimum absolute atomic E-state index is 0.0392. The Morgan fingerprint density at radius 1 is 1.07 bits per heavy atom. The normalized spacial score (nSPS) is 21.4. The fourth-order valence-corrected chi connectivity index (χ4v) is 6.44. The van der Waals surface area contributed by atoms with Crippen molar-refractivity contribution in [3.63, 3.8) is 0 Å². The number of nitrogens with zero attached hydrogens (tertiary/aromatic N) is 6. The Balaban J connectivity index is 1.53. The van der Waals surface area contributed by atoms with E-state index in [4.69, 9.17) is 23.7 Å². The van der Waals surface area contributed by atoms with Gasteiger partial charge in [0.15, 0.2) is 11.6 Å². The zero-order chi connectivity index (χ0) is 29.9. The number of para-hydroxylation sites is 1. The second-order valence-electron chi connectivity index (χ2n) is 10.1. The number of anilines is 2. The van der Waals surface area contributed by atoms with Gasteiger partial charge in [-0.3, -0.25) is 9.29 Å². The topological polar surface area (TPSA) is 152 Å². The lowest BCUT2D eigenvalue weighted by Crippen LogP contribution is -2.51. The molecule has 5 rings (SSSR count). The SMILES string of the molecule is COc1cccc(OC)c1-n1c(NS(=O)(=O)C2CC(OC(C)C)CN(c3ncc(F)cn3)C2)nnc1[C@@H]1COCCO1. The molecule has 0 radical (unpaired) electrons. The monoisotopic (exact) mass is 607 g/mol. The fourth-order valence-electron chi connectivity index (χ4n) is 5.04. The zero-order valence-electron chi connectivity index (χ0n) is 23.8. The van der Waals surface area contributed by atoms with Crippen LogP contribution in [0.4, 0.5) is 16.3 Å². The van der Waals surface area contributed by atoms with Gasteiger partial charge >= 0.3 is 0 Å². The van der Waals surface area contributed by atoms with E-state index in [2.05, 4.69) is 24.9 Å². The third-order valence-electron chi connectivity index (χ3n) is 6.82. The number of piperidine rings is 1. The van der Waals surface area contributed by atoms with Crippen molar-refractivity contribution in [2.24, 2.45) is 0 Å². The van der Waals surface area contributed by atoms with Gasteiger partial charge in [0.2, 0.25) is 21.9 Å². The van der Waals surface area contributed by atoms with Crippen LogP contribution in [0.5, 0.6) is 11.5 Å². The van der Waals surface area contributed by atoms with E-state index >= 15 is 0 Å². The number of halogens is 1. The minimum Gasteiger partial charge on any atom is -0.494 e. The molecule has 4 heterocycles. The highest BCUT2D eigenvalue weighted by Gasteiger charge is 2.39. The van der Waals surface area contributed by atoms with Crippen molar-refractivity contribution in [1.29, 1.82) is 0 Å². The average Bonchev–Trinajstić information content (AvgIpc) is 3.39. The Morgan fingerprint density at radius 2 is 1.79 bits per heavy atom. The first-order valence-corrected chi connectivity index (χ1v) is 15.0.